The van der Waals surface area contributed by atoms with E-state index in [0.717, 1.165) is 16.1 Å². The average Bonchev–Trinajstić information content (AvgIpc) is 2.94. The van der Waals surface area contributed by atoms with Crippen LogP contribution in [-0.4, -0.2) is 24.9 Å². The summed E-state index contributed by atoms with van der Waals surface area (Å²) in [6.45, 7) is 0. The fourth-order valence-electron chi connectivity index (χ4n) is 1.65. The summed E-state index contributed by atoms with van der Waals surface area (Å²) in [4.78, 5) is 19.4. The number of hydrogen-bond donors (Lipinski definition) is 1. The van der Waals surface area contributed by atoms with Gasteiger partial charge >= 0.3 is 0 Å². The molecule has 3 heterocycles. The van der Waals surface area contributed by atoms with Gasteiger partial charge in [0.15, 0.2) is 5.65 Å². The number of aromatic nitrogens is 5. The molecule has 0 atom stereocenters. The van der Waals surface area contributed by atoms with Crippen LogP contribution >= 0.6 is 11.8 Å². The third kappa shape index (κ3) is 2.26. The Kier molecular flexibility index (Phi) is 3.08. The van der Waals surface area contributed by atoms with Crippen molar-refractivity contribution in [3.05, 3.63) is 42.2 Å². The third-order valence-corrected chi connectivity index (χ3v) is 3.59. The van der Waals surface area contributed by atoms with Gasteiger partial charge in [-0.3, -0.25) is 0 Å². The van der Waals surface area contributed by atoms with E-state index in [-0.39, 0.29) is 0 Å². The van der Waals surface area contributed by atoms with Crippen LogP contribution in [0.3, 0.4) is 0 Å². The molecule has 7 heteroatoms. The number of nitrogens with zero attached hydrogens (tertiary/aromatic N) is 5. The lowest BCUT2D eigenvalue weighted by Gasteiger charge is -2.03. The summed E-state index contributed by atoms with van der Waals surface area (Å²) < 4.78 is 0. The van der Waals surface area contributed by atoms with Crippen LogP contribution < -0.4 is 0 Å². The minimum absolute atomic E-state index is 0.449. The first-order valence-electron chi connectivity index (χ1n) is 5.49. The Morgan fingerprint density at radius 1 is 1.26 bits per heavy atom. The Bertz CT molecular complexity index is 760. The fraction of sp³-hybridized carbons (Fsp3) is 0.0833. The summed E-state index contributed by atoms with van der Waals surface area (Å²) in [7, 11) is 0. The number of nitriles is 1. The van der Waals surface area contributed by atoms with E-state index in [0.29, 0.717) is 17.1 Å². The quantitative estimate of drug-likeness (QED) is 0.576. The van der Waals surface area contributed by atoms with E-state index in [1.54, 1.807) is 12.5 Å². The molecule has 0 aliphatic carbocycles. The molecule has 92 valence electrons. The van der Waals surface area contributed by atoms with Gasteiger partial charge in [-0.1, -0.05) is 17.8 Å². The van der Waals surface area contributed by atoms with Crippen molar-refractivity contribution in [1.82, 2.24) is 24.9 Å². The molecule has 0 saturated carbocycles. The maximum Gasteiger partial charge on any atom is 0.181 e. The van der Waals surface area contributed by atoms with E-state index in [9.17, 15) is 0 Å². The number of rotatable bonds is 3. The number of aromatic amines is 1. The Morgan fingerprint density at radius 3 is 3.11 bits per heavy atom. The summed E-state index contributed by atoms with van der Waals surface area (Å²) in [5, 5.41) is 9.81. The van der Waals surface area contributed by atoms with E-state index in [2.05, 4.69) is 31.0 Å². The first-order valence-corrected chi connectivity index (χ1v) is 6.48. The molecule has 0 unspecified atom stereocenters. The minimum atomic E-state index is 0.449. The molecular formula is C12H8N6S. The molecule has 0 spiro atoms. The molecule has 1 N–H and O–H groups in total. The molecule has 0 aromatic carbocycles. The molecule has 19 heavy (non-hydrogen) atoms. The van der Waals surface area contributed by atoms with E-state index in [1.165, 1.54) is 18.1 Å². The largest absolute Gasteiger partial charge is 0.341 e. The summed E-state index contributed by atoms with van der Waals surface area (Å²) >= 11 is 1.52. The van der Waals surface area contributed by atoms with Crippen LogP contribution in [0.25, 0.3) is 11.2 Å². The van der Waals surface area contributed by atoms with Gasteiger partial charge in [0.1, 0.15) is 28.6 Å². The van der Waals surface area contributed by atoms with E-state index >= 15 is 0 Å². The van der Waals surface area contributed by atoms with Gasteiger partial charge in [0.05, 0.1) is 6.33 Å². The molecule has 0 aliphatic rings. The molecule has 3 rings (SSSR count). The Hall–Kier alpha value is -2.46. The Morgan fingerprint density at radius 2 is 2.21 bits per heavy atom. The number of hydrogen-bond acceptors (Lipinski definition) is 6. The Labute approximate surface area is 113 Å². The highest BCUT2D eigenvalue weighted by Crippen LogP contribution is 2.25. The van der Waals surface area contributed by atoms with E-state index in [1.807, 2.05) is 12.1 Å². The van der Waals surface area contributed by atoms with E-state index in [4.69, 9.17) is 5.26 Å². The van der Waals surface area contributed by atoms with Crippen LogP contribution in [0, 0.1) is 11.3 Å². The number of thioether (sulfide) groups is 1. The molecule has 0 fully saturated rings. The van der Waals surface area contributed by atoms with Gasteiger partial charge in [0.2, 0.25) is 0 Å². The fourth-order valence-corrected chi connectivity index (χ4v) is 2.60. The highest BCUT2D eigenvalue weighted by Gasteiger charge is 2.08. The smallest absolute Gasteiger partial charge is 0.181 e. The highest BCUT2D eigenvalue weighted by molar-refractivity contribution is 7.98. The van der Waals surface area contributed by atoms with Crippen molar-refractivity contribution in [2.24, 2.45) is 0 Å². The van der Waals surface area contributed by atoms with Gasteiger partial charge in [-0.05, 0) is 11.6 Å². The van der Waals surface area contributed by atoms with Crippen LogP contribution in [0.4, 0.5) is 0 Å². The van der Waals surface area contributed by atoms with Crippen molar-refractivity contribution < 1.29 is 0 Å². The monoisotopic (exact) mass is 268 g/mol. The van der Waals surface area contributed by atoms with Gasteiger partial charge in [-0.2, -0.15) is 5.26 Å². The van der Waals surface area contributed by atoms with Crippen LogP contribution in [-0.2, 0) is 5.75 Å². The second-order valence-corrected chi connectivity index (χ2v) is 4.66. The van der Waals surface area contributed by atoms with Gasteiger partial charge in [0, 0.05) is 11.9 Å². The normalized spacial score (nSPS) is 10.5. The molecule has 0 bridgehead atoms. The molecule has 3 aromatic heterocycles. The lowest BCUT2D eigenvalue weighted by Crippen LogP contribution is -1.92. The minimum Gasteiger partial charge on any atom is -0.341 e. The first-order chi connectivity index (χ1) is 9.38. The van der Waals surface area contributed by atoms with Crippen molar-refractivity contribution in [1.29, 1.82) is 5.26 Å². The van der Waals surface area contributed by atoms with Gasteiger partial charge in [0.25, 0.3) is 0 Å². The predicted molar refractivity (Wildman–Crippen MR) is 70.2 cm³/mol. The topological polar surface area (TPSA) is 91.1 Å². The number of fused-ring (bicyclic) bond motifs is 1. The molecule has 3 aromatic rings. The number of nitrogens with one attached hydrogen (secondary N) is 1. The zero-order valence-electron chi connectivity index (χ0n) is 9.74. The average molecular weight is 268 g/mol. The van der Waals surface area contributed by atoms with Gasteiger partial charge in [-0.25, -0.2) is 19.9 Å². The zero-order valence-corrected chi connectivity index (χ0v) is 10.6. The van der Waals surface area contributed by atoms with Crippen molar-refractivity contribution in [3.8, 4) is 6.07 Å². The molecule has 0 aliphatic heterocycles. The second-order valence-electron chi connectivity index (χ2n) is 3.69. The maximum absolute atomic E-state index is 8.99. The van der Waals surface area contributed by atoms with Crippen LogP contribution in [0.15, 0.2) is 36.0 Å². The lowest BCUT2D eigenvalue weighted by molar-refractivity contribution is 1.08. The standard InChI is InChI=1S/C12H8N6S/c13-4-9-8(2-1-3-14-9)5-19-12-10-11(16-6-15-10)17-7-18-12/h1-3,6-7H,5H2,(H,15,16,17,18). The number of pyridine rings is 1. The molecule has 0 radical (unpaired) electrons. The van der Waals surface area contributed by atoms with Crippen molar-refractivity contribution in [2.45, 2.75) is 10.8 Å². The van der Waals surface area contributed by atoms with Gasteiger partial charge < -0.3 is 4.98 Å². The third-order valence-electron chi connectivity index (χ3n) is 2.55. The zero-order chi connectivity index (χ0) is 13.1. The first kappa shape index (κ1) is 11.6. The van der Waals surface area contributed by atoms with Crippen molar-refractivity contribution >= 4 is 22.9 Å². The SMILES string of the molecule is N#Cc1ncccc1CSc1ncnc2nc[nH]c12. The molecule has 0 amide bonds. The number of imidazole rings is 1. The summed E-state index contributed by atoms with van der Waals surface area (Å²) in [5.74, 6) is 0.627. The summed E-state index contributed by atoms with van der Waals surface area (Å²) in [6, 6.07) is 5.80. The predicted octanol–water partition coefficient (Wildman–Crippen LogP) is 1.91. The second kappa shape index (κ2) is 5.04. The van der Waals surface area contributed by atoms with Crippen LogP contribution in [0.1, 0.15) is 11.3 Å². The number of H-pyrrole nitrogens is 1. The molecular weight excluding hydrogens is 260 g/mol. The van der Waals surface area contributed by atoms with Gasteiger partial charge in [-0.15, -0.1) is 0 Å². The summed E-state index contributed by atoms with van der Waals surface area (Å²) in [6.07, 6.45) is 4.69. The lowest BCUT2D eigenvalue weighted by atomic mass is 10.2. The van der Waals surface area contributed by atoms with Crippen molar-refractivity contribution in [3.63, 3.8) is 0 Å². The Balaban J connectivity index is 1.87. The van der Waals surface area contributed by atoms with Crippen LogP contribution in [0.2, 0.25) is 0 Å². The maximum atomic E-state index is 8.99. The summed E-state index contributed by atoms with van der Waals surface area (Å²) in [5.41, 5.74) is 2.80. The van der Waals surface area contributed by atoms with E-state index < -0.39 is 0 Å². The van der Waals surface area contributed by atoms with Crippen molar-refractivity contribution in [2.75, 3.05) is 0 Å². The highest BCUT2D eigenvalue weighted by atomic mass is 32.2. The molecule has 6 nitrogen and oxygen atoms in total. The molecule has 0 saturated heterocycles. The van der Waals surface area contributed by atoms with Crippen LogP contribution in [0.5, 0.6) is 0 Å².